The Morgan fingerprint density at radius 2 is 2.14 bits per heavy atom. The fourth-order valence-corrected chi connectivity index (χ4v) is 6.84. The summed E-state index contributed by atoms with van der Waals surface area (Å²) in [4.78, 5) is 5.35. The smallest absolute Gasteiger partial charge is 0.0946 e. The Labute approximate surface area is 137 Å². The lowest BCUT2D eigenvalue weighted by atomic mass is 10.0. The number of rotatable bonds is 3. The van der Waals surface area contributed by atoms with Crippen LogP contribution < -0.4 is 0 Å². The second-order valence-corrected chi connectivity index (χ2v) is 8.83. The minimum Gasteiger partial charge on any atom is -0.292 e. The molecule has 1 atom stereocenters. The molecule has 1 saturated carbocycles. The van der Waals surface area contributed by atoms with Gasteiger partial charge in [0.25, 0.3) is 0 Å². The summed E-state index contributed by atoms with van der Waals surface area (Å²) < 4.78 is 14.1. The van der Waals surface area contributed by atoms with Crippen molar-refractivity contribution in [3.63, 3.8) is 0 Å². The highest BCUT2D eigenvalue weighted by atomic mass is 32.2. The van der Waals surface area contributed by atoms with Crippen LogP contribution in [-0.4, -0.2) is 32.4 Å². The molecule has 116 valence electrons. The van der Waals surface area contributed by atoms with Crippen LogP contribution in [0.4, 0.5) is 0 Å². The van der Waals surface area contributed by atoms with E-state index in [1.807, 2.05) is 24.0 Å². The van der Waals surface area contributed by atoms with Crippen molar-refractivity contribution < 1.29 is 4.21 Å². The first-order chi connectivity index (χ1) is 10.8. The maximum Gasteiger partial charge on any atom is 0.0946 e. The standard InChI is InChI=1S/C16H19N3OS2/c20-22-15(14-7-9-18-19-14)12-6-8-17-10-13(12)16(22)21-11-4-2-1-3-5-11/h7,9-11H,1-6,8H2,(H,18,19). The summed E-state index contributed by atoms with van der Waals surface area (Å²) in [6, 6.07) is 1.91. The highest BCUT2D eigenvalue weighted by Gasteiger charge is 2.34. The molecule has 1 aromatic rings. The zero-order valence-electron chi connectivity index (χ0n) is 12.4. The first-order valence-electron chi connectivity index (χ1n) is 7.90. The van der Waals surface area contributed by atoms with Crippen LogP contribution in [0.25, 0.3) is 4.91 Å². The monoisotopic (exact) mass is 333 g/mol. The van der Waals surface area contributed by atoms with Crippen LogP contribution >= 0.6 is 11.8 Å². The summed E-state index contributed by atoms with van der Waals surface area (Å²) in [5.41, 5.74) is 3.21. The zero-order chi connectivity index (χ0) is 14.9. The quantitative estimate of drug-likeness (QED) is 0.919. The molecule has 3 aliphatic rings. The largest absolute Gasteiger partial charge is 0.292 e. The van der Waals surface area contributed by atoms with Gasteiger partial charge in [0.2, 0.25) is 0 Å². The van der Waals surface area contributed by atoms with Gasteiger partial charge in [-0.15, -0.1) is 11.8 Å². The van der Waals surface area contributed by atoms with E-state index in [2.05, 4.69) is 15.2 Å². The van der Waals surface area contributed by atoms with Gasteiger partial charge in [-0.1, -0.05) is 19.3 Å². The van der Waals surface area contributed by atoms with Crippen LogP contribution in [-0.2, 0) is 10.8 Å². The van der Waals surface area contributed by atoms with Crippen LogP contribution in [0.1, 0.15) is 44.2 Å². The van der Waals surface area contributed by atoms with E-state index in [4.69, 9.17) is 0 Å². The Morgan fingerprint density at radius 1 is 1.27 bits per heavy atom. The van der Waals surface area contributed by atoms with Crippen molar-refractivity contribution in [2.75, 3.05) is 6.54 Å². The van der Waals surface area contributed by atoms with Gasteiger partial charge in [0.05, 0.1) is 25.6 Å². The minimum atomic E-state index is -1.09. The third-order valence-corrected chi connectivity index (χ3v) is 7.83. The summed E-state index contributed by atoms with van der Waals surface area (Å²) in [6.45, 7) is 0.787. The second-order valence-electron chi connectivity index (χ2n) is 5.91. The van der Waals surface area contributed by atoms with Crippen molar-refractivity contribution in [1.29, 1.82) is 0 Å². The number of nitrogens with zero attached hydrogens (tertiary/aromatic N) is 2. The molecule has 0 bridgehead atoms. The zero-order valence-corrected chi connectivity index (χ0v) is 14.0. The van der Waals surface area contributed by atoms with E-state index in [9.17, 15) is 4.21 Å². The van der Waals surface area contributed by atoms with E-state index >= 15 is 0 Å². The van der Waals surface area contributed by atoms with E-state index in [1.54, 1.807) is 6.20 Å². The predicted octanol–water partition coefficient (Wildman–Crippen LogP) is 3.64. The van der Waals surface area contributed by atoms with Gasteiger partial charge in [-0.05, 0) is 30.9 Å². The molecule has 1 unspecified atom stereocenters. The molecule has 1 fully saturated rings. The van der Waals surface area contributed by atoms with Gasteiger partial charge in [0.15, 0.2) is 0 Å². The lowest BCUT2D eigenvalue weighted by molar-refractivity contribution is 0.517. The number of H-pyrrole nitrogens is 1. The topological polar surface area (TPSA) is 58.1 Å². The first kappa shape index (κ1) is 14.5. The maximum absolute atomic E-state index is 13.1. The molecule has 2 aliphatic heterocycles. The molecule has 3 heterocycles. The maximum atomic E-state index is 13.1. The molecule has 0 saturated heterocycles. The summed E-state index contributed by atoms with van der Waals surface area (Å²) in [5, 5.41) is 7.62. The first-order valence-corrected chi connectivity index (χ1v) is 9.93. The van der Waals surface area contributed by atoms with E-state index in [0.29, 0.717) is 5.25 Å². The number of aromatic nitrogens is 2. The molecule has 6 heteroatoms. The highest BCUT2D eigenvalue weighted by Crippen LogP contribution is 2.47. The summed E-state index contributed by atoms with van der Waals surface area (Å²) in [7, 11) is -1.09. The molecular weight excluding hydrogens is 314 g/mol. The van der Waals surface area contributed by atoms with Gasteiger partial charge < -0.3 is 0 Å². The van der Waals surface area contributed by atoms with Crippen molar-refractivity contribution in [2.24, 2.45) is 4.99 Å². The van der Waals surface area contributed by atoms with Crippen molar-refractivity contribution in [1.82, 2.24) is 10.2 Å². The molecule has 0 radical (unpaired) electrons. The van der Waals surface area contributed by atoms with Crippen molar-refractivity contribution in [3.8, 4) is 0 Å². The number of fused-ring (bicyclic) bond motifs is 1. The van der Waals surface area contributed by atoms with E-state index in [-0.39, 0.29) is 0 Å². The van der Waals surface area contributed by atoms with Crippen molar-refractivity contribution >= 4 is 33.7 Å². The van der Waals surface area contributed by atoms with Crippen molar-refractivity contribution in [2.45, 2.75) is 43.8 Å². The third kappa shape index (κ3) is 2.52. The molecule has 1 aromatic heterocycles. The summed E-state index contributed by atoms with van der Waals surface area (Å²) in [5.74, 6) is 0. The Morgan fingerprint density at radius 3 is 2.91 bits per heavy atom. The number of hydrogen-bond donors (Lipinski definition) is 1. The minimum absolute atomic E-state index is 0.609. The van der Waals surface area contributed by atoms with Gasteiger partial charge in [0, 0.05) is 29.8 Å². The number of thioether (sulfide) groups is 1. The molecule has 1 N–H and O–H groups in total. The number of aliphatic imine (C=N–C) groups is 1. The average molecular weight is 333 g/mol. The van der Waals surface area contributed by atoms with Gasteiger partial charge in [-0.25, -0.2) is 4.21 Å². The number of nitrogens with one attached hydrogen (secondary N) is 1. The third-order valence-electron chi connectivity index (χ3n) is 4.46. The molecule has 0 amide bonds. The van der Waals surface area contributed by atoms with Crippen LogP contribution in [0.2, 0.25) is 0 Å². The van der Waals surface area contributed by atoms with Crippen LogP contribution in [0.5, 0.6) is 0 Å². The Balaban J connectivity index is 1.69. The molecule has 22 heavy (non-hydrogen) atoms. The molecule has 4 nitrogen and oxygen atoms in total. The predicted molar refractivity (Wildman–Crippen MR) is 93.1 cm³/mol. The lowest BCUT2D eigenvalue weighted by Gasteiger charge is -2.21. The number of allylic oxidation sites excluding steroid dienone is 1. The van der Waals surface area contributed by atoms with Crippen LogP contribution in [0.15, 0.2) is 32.6 Å². The van der Waals surface area contributed by atoms with E-state index in [1.165, 1.54) is 37.7 Å². The number of aromatic amines is 1. The van der Waals surface area contributed by atoms with Crippen LogP contribution in [0.3, 0.4) is 0 Å². The average Bonchev–Trinajstić information content (AvgIpc) is 3.16. The lowest BCUT2D eigenvalue weighted by Crippen LogP contribution is -2.09. The second kappa shape index (κ2) is 6.16. The van der Waals surface area contributed by atoms with Crippen molar-refractivity contribution in [3.05, 3.63) is 33.3 Å². The Hall–Kier alpha value is -1.14. The fraction of sp³-hybridized carbons (Fsp3) is 0.500. The number of hydrogen-bond acceptors (Lipinski definition) is 4. The normalized spacial score (nSPS) is 25.9. The molecule has 0 spiro atoms. The van der Waals surface area contributed by atoms with Gasteiger partial charge >= 0.3 is 0 Å². The SMILES string of the molecule is O=S1C(SC2CCCCC2)=C2C=NCCC2=C1c1ccn[nH]1. The van der Waals surface area contributed by atoms with Gasteiger partial charge in [0.1, 0.15) is 0 Å². The molecule has 4 rings (SSSR count). The van der Waals surface area contributed by atoms with E-state index < -0.39 is 10.8 Å². The molecule has 0 aromatic carbocycles. The van der Waals surface area contributed by atoms with Gasteiger partial charge in [-0.2, -0.15) is 5.10 Å². The Bertz CT molecular complexity index is 682. The molecular formula is C16H19N3OS2. The molecule has 1 aliphatic carbocycles. The Kier molecular flexibility index (Phi) is 4.05. The summed E-state index contributed by atoms with van der Waals surface area (Å²) in [6.07, 6.45) is 11.0. The fourth-order valence-electron chi connectivity index (χ4n) is 3.35. The van der Waals surface area contributed by atoms with E-state index in [0.717, 1.165) is 33.4 Å². The highest BCUT2D eigenvalue weighted by molar-refractivity contribution is 8.20. The van der Waals surface area contributed by atoms with Gasteiger partial charge in [-0.3, -0.25) is 10.1 Å². The summed E-state index contributed by atoms with van der Waals surface area (Å²) >= 11 is 1.84. The van der Waals surface area contributed by atoms with Crippen LogP contribution in [0, 0.1) is 0 Å².